The first-order valence-corrected chi connectivity index (χ1v) is 13.1. The summed E-state index contributed by atoms with van der Waals surface area (Å²) in [4.78, 5) is 51.9. The molecule has 1 saturated heterocycles. The molecule has 4 N–H and O–H groups in total. The van der Waals surface area contributed by atoms with E-state index < -0.39 is 29.2 Å². The zero-order chi connectivity index (χ0) is 24.9. The third-order valence-electron chi connectivity index (χ3n) is 4.98. The molecule has 11 nitrogen and oxygen atoms in total. The van der Waals surface area contributed by atoms with Gasteiger partial charge in [-0.2, -0.15) is 0 Å². The van der Waals surface area contributed by atoms with Crippen LogP contribution in [-0.2, 0) is 19.2 Å². The number of nitrogens with zero attached hydrogens (tertiary/aromatic N) is 4. The third kappa shape index (κ3) is 5.33. The molecule has 14 heteroatoms. The molecule has 4 rings (SSSR count). The second-order valence-corrected chi connectivity index (χ2v) is 10.1. The molecule has 182 valence electrons. The molecular formula is C21H20N6O5S3. The molecule has 0 bridgehead atoms. The van der Waals surface area contributed by atoms with Crippen LogP contribution in [-0.4, -0.2) is 73.5 Å². The van der Waals surface area contributed by atoms with Gasteiger partial charge in [-0.25, -0.2) is 9.78 Å². The van der Waals surface area contributed by atoms with E-state index >= 15 is 0 Å². The number of nitrogens with two attached hydrogens (primary N) is 1. The van der Waals surface area contributed by atoms with Crippen molar-refractivity contribution in [2.24, 2.45) is 5.16 Å². The summed E-state index contributed by atoms with van der Waals surface area (Å²) in [6, 6.07) is 4.66. The Labute approximate surface area is 212 Å². The van der Waals surface area contributed by atoms with E-state index in [0.29, 0.717) is 17.1 Å². The molecule has 2 atom stereocenters. The Morgan fingerprint density at radius 1 is 1.46 bits per heavy atom. The number of carbonyl (C=O) groups excluding carboxylic acids is 2. The SMILES string of the molecule is CON=C(C(=O)NC1C(=O)N2C(C(=O)O)=C(CS/C=C\c3ccccn3)CS[C@@H]12)c1csc(N)n1. The lowest BCUT2D eigenvalue weighted by atomic mass is 10.0. The van der Waals surface area contributed by atoms with E-state index in [4.69, 9.17) is 10.6 Å². The van der Waals surface area contributed by atoms with Crippen LogP contribution in [0.5, 0.6) is 0 Å². The highest BCUT2D eigenvalue weighted by atomic mass is 32.2. The monoisotopic (exact) mass is 532 g/mol. The largest absolute Gasteiger partial charge is 0.477 e. The van der Waals surface area contributed by atoms with Gasteiger partial charge in [0, 0.05) is 23.1 Å². The second-order valence-electron chi connectivity index (χ2n) is 7.18. The number of thioether (sulfide) groups is 2. The lowest BCUT2D eigenvalue weighted by Crippen LogP contribution is -2.71. The minimum absolute atomic E-state index is 0.0407. The fourth-order valence-corrected chi connectivity index (χ4v) is 6.23. The summed E-state index contributed by atoms with van der Waals surface area (Å²) < 4.78 is 0. The molecule has 2 aromatic heterocycles. The quantitative estimate of drug-likeness (QED) is 0.246. The number of carboxylic acid groups (broad SMARTS) is 1. The van der Waals surface area contributed by atoms with Gasteiger partial charge in [-0.15, -0.1) is 34.9 Å². The van der Waals surface area contributed by atoms with Gasteiger partial charge in [0.25, 0.3) is 11.8 Å². The maximum Gasteiger partial charge on any atom is 0.352 e. The van der Waals surface area contributed by atoms with E-state index in [2.05, 4.69) is 20.4 Å². The summed E-state index contributed by atoms with van der Waals surface area (Å²) in [5.41, 5.74) is 7.11. The zero-order valence-corrected chi connectivity index (χ0v) is 20.7. The molecule has 0 spiro atoms. The third-order valence-corrected chi connectivity index (χ3v) is 7.84. The molecule has 4 heterocycles. The van der Waals surface area contributed by atoms with Crippen molar-refractivity contribution in [3.05, 3.63) is 57.8 Å². The number of carbonyl (C=O) groups is 3. The number of aromatic nitrogens is 2. The average molecular weight is 533 g/mol. The number of carboxylic acids is 1. The van der Waals surface area contributed by atoms with Crippen LogP contribution in [0.15, 0.2) is 51.6 Å². The Balaban J connectivity index is 1.44. The number of hydrogen-bond acceptors (Lipinski definition) is 11. The Morgan fingerprint density at radius 2 is 2.29 bits per heavy atom. The van der Waals surface area contributed by atoms with Gasteiger partial charge in [-0.3, -0.25) is 19.5 Å². The van der Waals surface area contributed by atoms with Crippen LogP contribution in [0.3, 0.4) is 0 Å². The first-order chi connectivity index (χ1) is 16.9. The maximum atomic E-state index is 12.9. The summed E-state index contributed by atoms with van der Waals surface area (Å²) in [6.45, 7) is 0. The standard InChI is InChI=1S/C21H20N6O5S3/c1-32-26-14(13-10-35-21(22)24-13)17(28)25-15-18(29)27-16(20(30)31)11(9-34-19(15)27)8-33-7-5-12-4-2-3-6-23-12/h2-7,10,15,19H,8-9H2,1H3,(H2,22,24)(H,25,28)(H,30,31)/b7-5-,26-14?/t15?,19-/m0/s1. The molecule has 0 aliphatic carbocycles. The van der Waals surface area contributed by atoms with E-state index in [-0.39, 0.29) is 22.2 Å². The molecule has 2 aliphatic heterocycles. The zero-order valence-electron chi connectivity index (χ0n) is 18.3. The lowest BCUT2D eigenvalue weighted by molar-refractivity contribution is -0.150. The maximum absolute atomic E-state index is 12.9. The molecule has 0 aromatic carbocycles. The summed E-state index contributed by atoms with van der Waals surface area (Å²) in [6.07, 6.45) is 3.52. The number of rotatable bonds is 9. The smallest absolute Gasteiger partial charge is 0.352 e. The number of nitrogens with one attached hydrogen (secondary N) is 1. The topological polar surface area (TPSA) is 160 Å². The van der Waals surface area contributed by atoms with Gasteiger partial charge in [0.05, 0.1) is 5.69 Å². The van der Waals surface area contributed by atoms with Crippen molar-refractivity contribution >= 4 is 69.6 Å². The number of thiazole rings is 1. The number of fused-ring (bicyclic) bond motifs is 1. The van der Waals surface area contributed by atoms with Gasteiger partial charge in [0.15, 0.2) is 10.8 Å². The number of amides is 2. The van der Waals surface area contributed by atoms with Gasteiger partial charge in [0.1, 0.15) is 29.9 Å². The number of hydrogen-bond donors (Lipinski definition) is 3. The number of anilines is 1. The number of β-lactam (4-membered cyclic amide) rings is 1. The van der Waals surface area contributed by atoms with Gasteiger partial charge in [-0.05, 0) is 29.2 Å². The fraction of sp³-hybridized carbons (Fsp3) is 0.238. The summed E-state index contributed by atoms with van der Waals surface area (Å²) in [5.74, 6) is -1.54. The molecule has 0 radical (unpaired) electrons. The van der Waals surface area contributed by atoms with E-state index in [0.717, 1.165) is 17.0 Å². The molecule has 2 aliphatic rings. The van der Waals surface area contributed by atoms with Crippen LogP contribution >= 0.6 is 34.9 Å². The predicted molar refractivity (Wildman–Crippen MR) is 135 cm³/mol. The average Bonchev–Trinajstić information content (AvgIpc) is 3.29. The van der Waals surface area contributed by atoms with Crippen LogP contribution < -0.4 is 11.1 Å². The highest BCUT2D eigenvalue weighted by Crippen LogP contribution is 2.41. The van der Waals surface area contributed by atoms with Crippen molar-refractivity contribution in [3.8, 4) is 0 Å². The van der Waals surface area contributed by atoms with Crippen LogP contribution in [0.2, 0.25) is 0 Å². The molecule has 1 unspecified atom stereocenters. The highest BCUT2D eigenvalue weighted by molar-refractivity contribution is 8.02. The number of nitrogen functional groups attached to an aromatic ring is 1. The van der Waals surface area contributed by atoms with Gasteiger partial charge < -0.3 is 21.0 Å². The summed E-state index contributed by atoms with van der Waals surface area (Å²) in [7, 11) is 1.28. The Kier molecular flexibility index (Phi) is 7.73. The minimum atomic E-state index is -1.18. The molecular weight excluding hydrogens is 512 g/mol. The van der Waals surface area contributed by atoms with Crippen molar-refractivity contribution in [3.63, 3.8) is 0 Å². The minimum Gasteiger partial charge on any atom is -0.477 e. The van der Waals surface area contributed by atoms with E-state index in [9.17, 15) is 19.5 Å². The van der Waals surface area contributed by atoms with Gasteiger partial charge in [0.2, 0.25) is 0 Å². The number of aliphatic carboxylic acids is 1. The highest BCUT2D eigenvalue weighted by Gasteiger charge is 2.54. The molecule has 2 aromatic rings. The summed E-state index contributed by atoms with van der Waals surface area (Å²) in [5, 5.41) is 19.3. The van der Waals surface area contributed by atoms with E-state index in [1.807, 2.05) is 29.7 Å². The molecule has 1 fully saturated rings. The Bertz CT molecular complexity index is 1230. The predicted octanol–water partition coefficient (Wildman–Crippen LogP) is 1.61. The van der Waals surface area contributed by atoms with Crippen molar-refractivity contribution in [1.82, 2.24) is 20.2 Å². The normalized spacial score (nSPS) is 20.0. The fourth-order valence-electron chi connectivity index (χ4n) is 3.44. The van der Waals surface area contributed by atoms with Crippen molar-refractivity contribution in [1.29, 1.82) is 0 Å². The first-order valence-electron chi connectivity index (χ1n) is 10.1. The van der Waals surface area contributed by atoms with Crippen LogP contribution in [0.4, 0.5) is 5.13 Å². The number of pyridine rings is 1. The molecule has 0 saturated carbocycles. The summed E-state index contributed by atoms with van der Waals surface area (Å²) >= 11 is 3.94. The molecule has 35 heavy (non-hydrogen) atoms. The van der Waals surface area contributed by atoms with E-state index in [1.54, 1.807) is 11.6 Å². The van der Waals surface area contributed by atoms with Crippen LogP contribution in [0, 0.1) is 0 Å². The van der Waals surface area contributed by atoms with E-state index in [1.165, 1.54) is 35.5 Å². The Morgan fingerprint density at radius 3 is 2.94 bits per heavy atom. The van der Waals surface area contributed by atoms with Gasteiger partial charge in [-0.1, -0.05) is 11.2 Å². The second kappa shape index (κ2) is 10.9. The van der Waals surface area contributed by atoms with Gasteiger partial charge >= 0.3 is 5.97 Å². The molecule has 2 amide bonds. The lowest BCUT2D eigenvalue weighted by Gasteiger charge is -2.49. The first kappa shape index (κ1) is 24.8. The Hall–Kier alpha value is -3.36. The number of oxime groups is 1. The van der Waals surface area contributed by atoms with Crippen molar-refractivity contribution in [2.45, 2.75) is 11.4 Å². The van der Waals surface area contributed by atoms with Crippen molar-refractivity contribution < 1.29 is 24.3 Å². The van der Waals surface area contributed by atoms with Crippen molar-refractivity contribution in [2.75, 3.05) is 24.3 Å². The van der Waals surface area contributed by atoms with Crippen LogP contribution in [0.1, 0.15) is 11.4 Å². The van der Waals surface area contributed by atoms with Crippen LogP contribution in [0.25, 0.3) is 6.08 Å².